The first-order valence-electron chi connectivity index (χ1n) is 2.36. The zero-order valence-corrected chi connectivity index (χ0v) is 6.52. The Hall–Kier alpha value is -0.210. The van der Waals surface area contributed by atoms with Crippen LogP contribution in [0.1, 0.15) is 5.82 Å². The van der Waals surface area contributed by atoms with E-state index >= 15 is 0 Å². The monoisotopic (exact) mass is 165 g/mol. The number of alkyl halides is 1. The van der Waals surface area contributed by atoms with Crippen molar-refractivity contribution in [3.8, 4) is 0 Å². The predicted molar refractivity (Wildman–Crippen MR) is 32.8 cm³/mol. The fourth-order valence-corrected chi connectivity index (χ4v) is 0.783. The number of hydrogen-bond acceptors (Lipinski definition) is 1. The summed E-state index contributed by atoms with van der Waals surface area (Å²) >= 11 is 5.49. The SMILES string of the molecule is Cn1ccnc1CCl.[Cl-]. The first kappa shape index (κ1) is 8.79. The van der Waals surface area contributed by atoms with Gasteiger partial charge >= 0.3 is 0 Å². The molecule has 52 valence electrons. The molecule has 0 aliphatic carbocycles. The summed E-state index contributed by atoms with van der Waals surface area (Å²) in [5, 5.41) is 0. The van der Waals surface area contributed by atoms with Gasteiger partial charge in [0, 0.05) is 19.4 Å². The fourth-order valence-electron chi connectivity index (χ4n) is 0.525. The van der Waals surface area contributed by atoms with Gasteiger partial charge in [-0.05, 0) is 0 Å². The Morgan fingerprint density at radius 3 is 2.67 bits per heavy atom. The van der Waals surface area contributed by atoms with Crippen LogP contribution in [0.25, 0.3) is 0 Å². The molecule has 1 heterocycles. The highest BCUT2D eigenvalue weighted by Gasteiger charge is 1.92. The third-order valence-electron chi connectivity index (χ3n) is 1.04. The maximum absolute atomic E-state index is 5.49. The Morgan fingerprint density at radius 2 is 2.44 bits per heavy atom. The summed E-state index contributed by atoms with van der Waals surface area (Å²) < 4.78 is 1.90. The molecule has 0 amide bonds. The highest BCUT2D eigenvalue weighted by atomic mass is 35.5. The second kappa shape index (κ2) is 3.75. The van der Waals surface area contributed by atoms with Crippen LogP contribution in [0, 0.1) is 0 Å². The van der Waals surface area contributed by atoms with Crippen LogP contribution >= 0.6 is 11.6 Å². The van der Waals surface area contributed by atoms with Crippen LogP contribution in [0.2, 0.25) is 0 Å². The summed E-state index contributed by atoms with van der Waals surface area (Å²) in [5.41, 5.74) is 0. The smallest absolute Gasteiger partial charge is 0.123 e. The first-order valence-corrected chi connectivity index (χ1v) is 2.90. The van der Waals surface area contributed by atoms with Crippen molar-refractivity contribution in [2.75, 3.05) is 0 Å². The fraction of sp³-hybridized carbons (Fsp3) is 0.400. The van der Waals surface area contributed by atoms with Crippen molar-refractivity contribution in [2.45, 2.75) is 5.88 Å². The molecule has 4 heteroatoms. The molecule has 0 atom stereocenters. The minimum Gasteiger partial charge on any atom is -1.00 e. The van der Waals surface area contributed by atoms with E-state index in [0.29, 0.717) is 5.88 Å². The third-order valence-corrected chi connectivity index (χ3v) is 1.28. The van der Waals surface area contributed by atoms with E-state index < -0.39 is 0 Å². The van der Waals surface area contributed by atoms with Crippen molar-refractivity contribution >= 4 is 11.6 Å². The average Bonchev–Trinajstić information content (AvgIpc) is 2.14. The van der Waals surface area contributed by atoms with Crippen molar-refractivity contribution in [3.63, 3.8) is 0 Å². The second-order valence-electron chi connectivity index (χ2n) is 1.59. The summed E-state index contributed by atoms with van der Waals surface area (Å²) in [6.07, 6.45) is 3.61. The van der Waals surface area contributed by atoms with E-state index in [0.717, 1.165) is 5.82 Å². The van der Waals surface area contributed by atoms with E-state index in [1.807, 2.05) is 17.8 Å². The normalized spacial score (nSPS) is 8.67. The molecular formula is C5H7Cl2N2-. The largest absolute Gasteiger partial charge is 1.00 e. The lowest BCUT2D eigenvalue weighted by Crippen LogP contribution is -3.00. The van der Waals surface area contributed by atoms with E-state index in [1.165, 1.54) is 0 Å². The summed E-state index contributed by atoms with van der Waals surface area (Å²) in [4.78, 5) is 3.97. The molecule has 0 radical (unpaired) electrons. The van der Waals surface area contributed by atoms with Gasteiger partial charge in [-0.3, -0.25) is 0 Å². The minimum atomic E-state index is 0. The Bertz CT molecular complexity index is 173. The van der Waals surface area contributed by atoms with Crippen molar-refractivity contribution in [1.29, 1.82) is 0 Å². The van der Waals surface area contributed by atoms with Crippen LogP contribution in [-0.2, 0) is 12.9 Å². The molecule has 9 heavy (non-hydrogen) atoms. The molecule has 0 aliphatic heterocycles. The van der Waals surface area contributed by atoms with E-state index in [4.69, 9.17) is 11.6 Å². The van der Waals surface area contributed by atoms with Crippen molar-refractivity contribution < 1.29 is 12.4 Å². The zero-order chi connectivity index (χ0) is 5.98. The number of nitrogens with zero attached hydrogens (tertiary/aromatic N) is 2. The summed E-state index contributed by atoms with van der Waals surface area (Å²) in [6, 6.07) is 0. The third kappa shape index (κ3) is 1.88. The van der Waals surface area contributed by atoms with Crippen LogP contribution in [0.15, 0.2) is 12.4 Å². The topological polar surface area (TPSA) is 17.8 Å². The van der Waals surface area contributed by atoms with Gasteiger partial charge < -0.3 is 17.0 Å². The van der Waals surface area contributed by atoms with E-state index in [-0.39, 0.29) is 12.4 Å². The zero-order valence-electron chi connectivity index (χ0n) is 5.01. The van der Waals surface area contributed by atoms with Crippen LogP contribution in [0.5, 0.6) is 0 Å². The van der Waals surface area contributed by atoms with Gasteiger partial charge in [0.1, 0.15) is 5.82 Å². The molecule has 0 spiro atoms. The van der Waals surface area contributed by atoms with Gasteiger partial charge in [0.2, 0.25) is 0 Å². The number of imidazole rings is 1. The molecule has 1 aromatic rings. The van der Waals surface area contributed by atoms with E-state index in [2.05, 4.69) is 4.98 Å². The van der Waals surface area contributed by atoms with Crippen molar-refractivity contribution in [3.05, 3.63) is 18.2 Å². The summed E-state index contributed by atoms with van der Waals surface area (Å²) in [7, 11) is 1.92. The van der Waals surface area contributed by atoms with Crippen LogP contribution in [0.3, 0.4) is 0 Å². The number of halogens is 2. The summed E-state index contributed by atoms with van der Waals surface area (Å²) in [6.45, 7) is 0. The molecule has 0 aliphatic rings. The number of aryl methyl sites for hydroxylation is 1. The molecule has 0 fully saturated rings. The Labute approximate surface area is 65.3 Å². The lowest BCUT2D eigenvalue weighted by atomic mass is 10.7. The van der Waals surface area contributed by atoms with Crippen LogP contribution in [0.4, 0.5) is 0 Å². The Kier molecular flexibility index (Phi) is 3.66. The van der Waals surface area contributed by atoms with Crippen LogP contribution in [-0.4, -0.2) is 9.55 Å². The van der Waals surface area contributed by atoms with Gasteiger partial charge in [-0.1, -0.05) is 0 Å². The molecule has 2 nitrogen and oxygen atoms in total. The number of aromatic nitrogens is 2. The van der Waals surface area contributed by atoms with Gasteiger partial charge in [-0.2, -0.15) is 0 Å². The van der Waals surface area contributed by atoms with E-state index in [1.54, 1.807) is 6.20 Å². The van der Waals surface area contributed by atoms with E-state index in [9.17, 15) is 0 Å². The van der Waals surface area contributed by atoms with Gasteiger partial charge in [0.15, 0.2) is 0 Å². The first-order chi connectivity index (χ1) is 3.84. The number of rotatable bonds is 1. The second-order valence-corrected chi connectivity index (χ2v) is 1.86. The molecule has 1 rings (SSSR count). The highest BCUT2D eigenvalue weighted by Crippen LogP contribution is 1.96. The minimum absolute atomic E-state index is 0. The molecule has 0 bridgehead atoms. The van der Waals surface area contributed by atoms with Crippen molar-refractivity contribution in [2.24, 2.45) is 7.05 Å². The predicted octanol–water partition coefficient (Wildman–Crippen LogP) is -1.84. The molecule has 1 aromatic heterocycles. The molecule has 0 saturated heterocycles. The lowest BCUT2D eigenvalue weighted by molar-refractivity contribution is -0.00000178. The van der Waals surface area contributed by atoms with Gasteiger partial charge in [-0.25, -0.2) is 4.98 Å². The molecule has 0 unspecified atom stereocenters. The molecule has 0 saturated carbocycles. The van der Waals surface area contributed by atoms with Crippen molar-refractivity contribution in [1.82, 2.24) is 9.55 Å². The number of hydrogen-bond donors (Lipinski definition) is 0. The molecule has 0 N–H and O–H groups in total. The molecular weight excluding hydrogens is 159 g/mol. The quantitative estimate of drug-likeness (QED) is 0.448. The standard InChI is InChI=1S/C5H7ClN2.ClH/c1-8-3-2-7-5(8)4-6;/h2-3H,4H2,1H3;1H/p-1. The van der Waals surface area contributed by atoms with Gasteiger partial charge in [0.05, 0.1) is 5.88 Å². The Balaban J connectivity index is 0.000000640. The lowest BCUT2D eigenvalue weighted by Gasteiger charge is -1.91. The Morgan fingerprint density at radius 1 is 1.78 bits per heavy atom. The van der Waals surface area contributed by atoms with Gasteiger partial charge in [0.25, 0.3) is 0 Å². The maximum atomic E-state index is 5.49. The van der Waals surface area contributed by atoms with Gasteiger partial charge in [-0.15, -0.1) is 11.6 Å². The average molecular weight is 166 g/mol. The molecule has 0 aromatic carbocycles. The summed E-state index contributed by atoms with van der Waals surface area (Å²) in [5.74, 6) is 1.40. The maximum Gasteiger partial charge on any atom is 0.123 e. The van der Waals surface area contributed by atoms with Crippen LogP contribution < -0.4 is 12.4 Å². The highest BCUT2D eigenvalue weighted by molar-refractivity contribution is 6.16.